The molecule has 0 aliphatic carbocycles. The number of para-hydroxylation sites is 2. The molecule has 0 N–H and O–H groups in total. The van der Waals surface area contributed by atoms with Gasteiger partial charge in [-0.3, -0.25) is 0 Å². The van der Waals surface area contributed by atoms with E-state index in [0.29, 0.717) is 0 Å². The van der Waals surface area contributed by atoms with Gasteiger partial charge in [-0.05, 0) is 65.5 Å². The molecule has 0 unspecified atom stereocenters. The zero-order chi connectivity index (χ0) is 25.6. The molecule has 0 saturated heterocycles. The molecule has 5 heteroatoms. The molecule has 4 nitrogen and oxygen atoms in total. The highest BCUT2D eigenvalue weighted by atomic mass is 16.5. The fraction of sp³-hybridized carbons (Fsp3) is 0.121. The summed E-state index contributed by atoms with van der Waals surface area (Å²) in [5.74, 6) is 1.61. The quantitative estimate of drug-likeness (QED) is 0.256. The van der Waals surface area contributed by atoms with Crippen LogP contribution < -0.4 is 30.9 Å². The van der Waals surface area contributed by atoms with E-state index in [4.69, 9.17) is 9.72 Å². The molecule has 5 aromatic rings. The summed E-state index contributed by atoms with van der Waals surface area (Å²) in [6, 6.07) is 36.7. The molecule has 8 rings (SSSR count). The van der Waals surface area contributed by atoms with Crippen molar-refractivity contribution in [2.24, 2.45) is 0 Å². The summed E-state index contributed by atoms with van der Waals surface area (Å²) in [5, 5.41) is 0. The van der Waals surface area contributed by atoms with Crippen molar-refractivity contribution in [1.82, 2.24) is 4.98 Å². The molecule has 1 aromatic heterocycles. The Hall–Kier alpha value is -4.51. The van der Waals surface area contributed by atoms with E-state index < -0.39 is 0 Å². The third-order valence-corrected chi connectivity index (χ3v) is 7.94. The summed E-state index contributed by atoms with van der Waals surface area (Å²) in [6.45, 7) is 6.68. The summed E-state index contributed by atoms with van der Waals surface area (Å²) >= 11 is 0. The first-order valence-corrected chi connectivity index (χ1v) is 13.2. The summed E-state index contributed by atoms with van der Waals surface area (Å²) in [5.41, 5.74) is 11.5. The molecule has 0 fully saturated rings. The Morgan fingerprint density at radius 2 is 1.16 bits per heavy atom. The van der Waals surface area contributed by atoms with E-state index in [1.165, 1.54) is 22.3 Å². The maximum atomic E-state index is 6.69. The first-order valence-electron chi connectivity index (χ1n) is 13.2. The van der Waals surface area contributed by atoms with Crippen LogP contribution in [0, 0.1) is 0 Å². The van der Waals surface area contributed by atoms with Gasteiger partial charge < -0.3 is 14.5 Å². The molecule has 0 radical (unpaired) electrons. The van der Waals surface area contributed by atoms with Gasteiger partial charge in [-0.25, -0.2) is 4.98 Å². The molecule has 3 aliphatic rings. The molecule has 3 aliphatic heterocycles. The van der Waals surface area contributed by atoms with Gasteiger partial charge in [0.05, 0.1) is 5.69 Å². The van der Waals surface area contributed by atoms with Crippen LogP contribution in [0.3, 0.4) is 0 Å². The van der Waals surface area contributed by atoms with Gasteiger partial charge in [0.2, 0.25) is 5.88 Å². The molecule has 38 heavy (non-hydrogen) atoms. The lowest BCUT2D eigenvalue weighted by Gasteiger charge is -2.46. The van der Waals surface area contributed by atoms with Crippen molar-refractivity contribution >= 4 is 57.2 Å². The highest BCUT2D eigenvalue weighted by Gasteiger charge is 2.49. The molecule has 0 saturated carbocycles. The Labute approximate surface area is 223 Å². The summed E-state index contributed by atoms with van der Waals surface area (Å²) in [7, 11) is 0. The second kappa shape index (κ2) is 7.51. The lowest BCUT2D eigenvalue weighted by atomic mass is 9.32. The molecule has 4 aromatic carbocycles. The number of rotatable bonds is 2. The highest BCUT2D eigenvalue weighted by Crippen LogP contribution is 2.47. The number of anilines is 6. The molecular formula is C33H26BN3O. The van der Waals surface area contributed by atoms with E-state index in [2.05, 4.69) is 134 Å². The molecule has 4 heterocycles. The van der Waals surface area contributed by atoms with Crippen molar-refractivity contribution in [3.05, 3.63) is 109 Å². The van der Waals surface area contributed by atoms with Crippen LogP contribution in [0.15, 0.2) is 103 Å². The van der Waals surface area contributed by atoms with Crippen molar-refractivity contribution in [2.75, 3.05) is 9.80 Å². The SMILES string of the molecule is CC(C)(C)c1cc2c3c(n1)Oc1cccc4c1B3c1c(cccc1N2c1ccccc1)N4c1ccccc1. The lowest BCUT2D eigenvalue weighted by Crippen LogP contribution is -2.63. The monoisotopic (exact) mass is 491 g/mol. The maximum Gasteiger partial charge on any atom is 0.264 e. The third-order valence-electron chi connectivity index (χ3n) is 7.94. The summed E-state index contributed by atoms with van der Waals surface area (Å²) < 4.78 is 6.69. The second-order valence-corrected chi connectivity index (χ2v) is 11.3. The van der Waals surface area contributed by atoms with Crippen molar-refractivity contribution in [3.8, 4) is 11.6 Å². The first-order chi connectivity index (χ1) is 18.5. The largest absolute Gasteiger partial charge is 0.440 e. The number of hydrogen-bond donors (Lipinski definition) is 0. The molecule has 0 amide bonds. The van der Waals surface area contributed by atoms with E-state index in [9.17, 15) is 0 Å². The number of ether oxygens (including phenoxy) is 1. The highest BCUT2D eigenvalue weighted by molar-refractivity contribution is 7.01. The number of nitrogens with zero attached hydrogens (tertiary/aromatic N) is 3. The fourth-order valence-electron chi connectivity index (χ4n) is 6.28. The van der Waals surface area contributed by atoms with Crippen molar-refractivity contribution in [3.63, 3.8) is 0 Å². The van der Waals surface area contributed by atoms with Gasteiger partial charge in [0.15, 0.2) is 0 Å². The van der Waals surface area contributed by atoms with Crippen LogP contribution >= 0.6 is 0 Å². The van der Waals surface area contributed by atoms with Gasteiger partial charge in [0.1, 0.15) is 5.75 Å². The van der Waals surface area contributed by atoms with Gasteiger partial charge in [0, 0.05) is 45.0 Å². The molecule has 182 valence electrons. The van der Waals surface area contributed by atoms with Gasteiger partial charge >= 0.3 is 0 Å². The van der Waals surface area contributed by atoms with Crippen LogP contribution in [0.4, 0.5) is 34.1 Å². The van der Waals surface area contributed by atoms with Crippen LogP contribution in [0.2, 0.25) is 0 Å². The number of hydrogen-bond acceptors (Lipinski definition) is 4. The maximum absolute atomic E-state index is 6.69. The normalized spacial score (nSPS) is 14.2. The van der Waals surface area contributed by atoms with Gasteiger partial charge in [-0.2, -0.15) is 0 Å². The topological polar surface area (TPSA) is 28.6 Å². The molecule has 0 spiro atoms. The van der Waals surface area contributed by atoms with Gasteiger partial charge in [0.25, 0.3) is 6.71 Å². The van der Waals surface area contributed by atoms with Crippen LogP contribution in [0.1, 0.15) is 26.5 Å². The minimum atomic E-state index is -0.127. The van der Waals surface area contributed by atoms with Crippen LogP contribution in [0.25, 0.3) is 0 Å². The standard InChI is InChI=1S/C33H26BN3O/c1-33(2,3)28-20-26-31-32(35-28)38-27-19-11-18-25-30(27)34(31)29-23(36(25)21-12-6-4-7-13-21)16-10-17-24(29)37(26)22-14-8-5-9-15-22/h4-20H,1-3H3. The smallest absolute Gasteiger partial charge is 0.264 e. The summed E-state index contributed by atoms with van der Waals surface area (Å²) in [4.78, 5) is 9.92. The minimum absolute atomic E-state index is 0.0487. The van der Waals surface area contributed by atoms with Gasteiger partial charge in [-0.1, -0.05) is 69.3 Å². The molecular weight excluding hydrogens is 465 g/mol. The average Bonchev–Trinajstić information content (AvgIpc) is 2.93. The Bertz CT molecular complexity index is 1740. The Kier molecular flexibility index (Phi) is 4.26. The average molecular weight is 491 g/mol. The van der Waals surface area contributed by atoms with E-state index in [1.807, 2.05) is 0 Å². The van der Waals surface area contributed by atoms with Crippen LogP contribution in [-0.2, 0) is 5.41 Å². The van der Waals surface area contributed by atoms with Crippen molar-refractivity contribution < 1.29 is 4.74 Å². The van der Waals surface area contributed by atoms with Crippen LogP contribution in [0.5, 0.6) is 11.6 Å². The van der Waals surface area contributed by atoms with Crippen LogP contribution in [-0.4, -0.2) is 11.7 Å². The zero-order valence-corrected chi connectivity index (χ0v) is 21.6. The van der Waals surface area contributed by atoms with E-state index in [-0.39, 0.29) is 12.1 Å². The minimum Gasteiger partial charge on any atom is -0.440 e. The van der Waals surface area contributed by atoms with E-state index >= 15 is 0 Å². The summed E-state index contributed by atoms with van der Waals surface area (Å²) in [6.07, 6.45) is 0. The molecule has 0 atom stereocenters. The fourth-order valence-corrected chi connectivity index (χ4v) is 6.28. The lowest BCUT2D eigenvalue weighted by molar-refractivity contribution is 0.456. The number of aromatic nitrogens is 1. The predicted octanol–water partition coefficient (Wildman–Crippen LogP) is 6.57. The zero-order valence-electron chi connectivity index (χ0n) is 21.6. The van der Waals surface area contributed by atoms with Gasteiger partial charge in [-0.15, -0.1) is 0 Å². The number of benzene rings is 4. The number of pyridine rings is 1. The first kappa shape index (κ1) is 21.6. The van der Waals surface area contributed by atoms with E-state index in [1.54, 1.807) is 0 Å². The van der Waals surface area contributed by atoms with Crippen molar-refractivity contribution in [1.29, 1.82) is 0 Å². The Morgan fingerprint density at radius 3 is 1.76 bits per heavy atom. The second-order valence-electron chi connectivity index (χ2n) is 11.3. The Morgan fingerprint density at radius 1 is 0.605 bits per heavy atom. The third kappa shape index (κ3) is 2.84. The Balaban J connectivity index is 1.51. The van der Waals surface area contributed by atoms with Crippen molar-refractivity contribution in [2.45, 2.75) is 26.2 Å². The van der Waals surface area contributed by atoms with E-state index in [0.717, 1.165) is 45.5 Å². The molecule has 0 bridgehead atoms. The predicted molar refractivity (Wildman–Crippen MR) is 157 cm³/mol.